The molecule has 0 bridgehead atoms. The molecule has 1 N–H and O–H groups in total. The average molecular weight is 410 g/mol. The van der Waals surface area contributed by atoms with Gasteiger partial charge >= 0.3 is 5.97 Å². The molecule has 2 heterocycles. The standard InChI is InChI=1S/C22H22N2O6/c1-2-28-22(27)14-3-5-16(6-4-14)23-21(26)15-11-20(25)24(13-15)17-7-8-18-19(12-17)30-10-9-29-18/h3-8,12,15H,2,9-11,13H2,1H3,(H,23,26)/t15-/m0/s1. The lowest BCUT2D eigenvalue weighted by molar-refractivity contribution is -0.122. The maximum absolute atomic E-state index is 12.7. The minimum Gasteiger partial charge on any atom is -0.486 e. The van der Waals surface area contributed by atoms with Crippen molar-refractivity contribution in [3.05, 3.63) is 48.0 Å². The van der Waals surface area contributed by atoms with Crippen LogP contribution in [0.5, 0.6) is 11.5 Å². The number of benzene rings is 2. The molecule has 2 aliphatic heterocycles. The smallest absolute Gasteiger partial charge is 0.338 e. The fraction of sp³-hybridized carbons (Fsp3) is 0.318. The SMILES string of the molecule is CCOC(=O)c1ccc(NC(=O)[C@H]2CC(=O)N(c3ccc4c(c3)OCCO4)C2)cc1. The lowest BCUT2D eigenvalue weighted by Crippen LogP contribution is -2.28. The van der Waals surface area contributed by atoms with E-state index in [9.17, 15) is 14.4 Å². The first-order valence-corrected chi connectivity index (χ1v) is 9.83. The summed E-state index contributed by atoms with van der Waals surface area (Å²) < 4.78 is 16.0. The molecule has 0 unspecified atom stereocenters. The number of hydrogen-bond donors (Lipinski definition) is 1. The van der Waals surface area contributed by atoms with E-state index in [-0.39, 0.29) is 24.8 Å². The van der Waals surface area contributed by atoms with Crippen LogP contribution in [0.3, 0.4) is 0 Å². The summed E-state index contributed by atoms with van der Waals surface area (Å²) in [5.41, 5.74) is 1.65. The van der Waals surface area contributed by atoms with E-state index in [1.54, 1.807) is 54.3 Å². The van der Waals surface area contributed by atoms with Crippen molar-refractivity contribution in [2.75, 3.05) is 36.6 Å². The van der Waals surface area contributed by atoms with Gasteiger partial charge in [0.25, 0.3) is 0 Å². The molecule has 0 radical (unpaired) electrons. The number of carbonyl (C=O) groups excluding carboxylic acids is 3. The second-order valence-electron chi connectivity index (χ2n) is 7.02. The lowest BCUT2D eigenvalue weighted by atomic mass is 10.1. The van der Waals surface area contributed by atoms with Crippen molar-refractivity contribution in [3.63, 3.8) is 0 Å². The summed E-state index contributed by atoms with van der Waals surface area (Å²) in [4.78, 5) is 38.5. The number of ether oxygens (including phenoxy) is 3. The number of fused-ring (bicyclic) bond motifs is 1. The first-order valence-electron chi connectivity index (χ1n) is 9.83. The summed E-state index contributed by atoms with van der Waals surface area (Å²) >= 11 is 0. The molecule has 2 aliphatic rings. The third-order valence-corrected chi connectivity index (χ3v) is 5.00. The molecular weight excluding hydrogens is 388 g/mol. The molecule has 4 rings (SSSR count). The van der Waals surface area contributed by atoms with Crippen LogP contribution in [0.4, 0.5) is 11.4 Å². The maximum Gasteiger partial charge on any atom is 0.338 e. The van der Waals surface area contributed by atoms with Crippen LogP contribution in [0.15, 0.2) is 42.5 Å². The van der Waals surface area contributed by atoms with Crippen molar-refractivity contribution in [2.45, 2.75) is 13.3 Å². The Kier molecular flexibility index (Phi) is 5.56. The summed E-state index contributed by atoms with van der Waals surface area (Å²) in [6, 6.07) is 11.8. The highest BCUT2D eigenvalue weighted by molar-refractivity contribution is 6.03. The van der Waals surface area contributed by atoms with Crippen molar-refractivity contribution in [1.29, 1.82) is 0 Å². The molecule has 2 aromatic carbocycles. The Morgan fingerprint density at radius 3 is 2.57 bits per heavy atom. The predicted octanol–water partition coefficient (Wildman–Crippen LogP) is 2.63. The maximum atomic E-state index is 12.7. The van der Waals surface area contributed by atoms with Gasteiger partial charge in [-0.3, -0.25) is 9.59 Å². The Morgan fingerprint density at radius 2 is 1.83 bits per heavy atom. The Bertz CT molecular complexity index is 972. The van der Waals surface area contributed by atoms with Crippen molar-refractivity contribution in [1.82, 2.24) is 0 Å². The summed E-state index contributed by atoms with van der Waals surface area (Å²) in [7, 11) is 0. The Labute approximate surface area is 173 Å². The van der Waals surface area contributed by atoms with Crippen molar-refractivity contribution in [2.24, 2.45) is 5.92 Å². The molecule has 8 nitrogen and oxygen atoms in total. The quantitative estimate of drug-likeness (QED) is 0.762. The molecule has 0 spiro atoms. The molecule has 1 fully saturated rings. The summed E-state index contributed by atoms with van der Waals surface area (Å²) in [5.74, 6) is -0.00242. The van der Waals surface area contributed by atoms with Gasteiger partial charge in [0, 0.05) is 30.4 Å². The Hall–Kier alpha value is -3.55. The van der Waals surface area contributed by atoms with Gasteiger partial charge in [0.2, 0.25) is 11.8 Å². The molecule has 2 aromatic rings. The van der Waals surface area contributed by atoms with Gasteiger partial charge in [-0.05, 0) is 43.3 Å². The third-order valence-electron chi connectivity index (χ3n) is 5.00. The highest BCUT2D eigenvalue weighted by Gasteiger charge is 2.35. The van der Waals surface area contributed by atoms with E-state index in [2.05, 4.69) is 5.32 Å². The first-order chi connectivity index (χ1) is 14.5. The molecule has 1 atom stereocenters. The largest absolute Gasteiger partial charge is 0.486 e. The fourth-order valence-corrected chi connectivity index (χ4v) is 3.48. The van der Waals surface area contributed by atoms with Gasteiger partial charge in [-0.25, -0.2) is 4.79 Å². The monoisotopic (exact) mass is 410 g/mol. The van der Waals surface area contributed by atoms with E-state index < -0.39 is 11.9 Å². The summed E-state index contributed by atoms with van der Waals surface area (Å²) in [5, 5.41) is 2.81. The van der Waals surface area contributed by atoms with Gasteiger partial charge in [-0.2, -0.15) is 0 Å². The Morgan fingerprint density at radius 1 is 1.10 bits per heavy atom. The normalized spacial score (nSPS) is 17.6. The van der Waals surface area contributed by atoms with E-state index in [1.165, 1.54) is 0 Å². The second-order valence-corrected chi connectivity index (χ2v) is 7.02. The fourth-order valence-electron chi connectivity index (χ4n) is 3.48. The molecular formula is C22H22N2O6. The number of rotatable bonds is 5. The van der Waals surface area contributed by atoms with Crippen LogP contribution in [0, 0.1) is 5.92 Å². The first kappa shape index (κ1) is 19.8. The van der Waals surface area contributed by atoms with Crippen LogP contribution in [0.2, 0.25) is 0 Å². The number of carbonyl (C=O) groups is 3. The molecule has 8 heteroatoms. The molecule has 30 heavy (non-hydrogen) atoms. The highest BCUT2D eigenvalue weighted by atomic mass is 16.6. The molecule has 0 aromatic heterocycles. The minimum atomic E-state index is -0.476. The molecule has 156 valence electrons. The van der Waals surface area contributed by atoms with Crippen LogP contribution in [0.1, 0.15) is 23.7 Å². The van der Waals surface area contributed by atoms with E-state index in [0.717, 1.165) is 0 Å². The summed E-state index contributed by atoms with van der Waals surface area (Å²) in [6.45, 7) is 3.28. The number of nitrogens with zero attached hydrogens (tertiary/aromatic N) is 1. The van der Waals surface area contributed by atoms with Gasteiger partial charge in [-0.15, -0.1) is 0 Å². The second kappa shape index (κ2) is 8.44. The van der Waals surface area contributed by atoms with Crippen molar-refractivity contribution >= 4 is 29.2 Å². The predicted molar refractivity (Wildman–Crippen MR) is 109 cm³/mol. The zero-order valence-electron chi connectivity index (χ0n) is 16.6. The van der Waals surface area contributed by atoms with Crippen LogP contribution in [0.25, 0.3) is 0 Å². The van der Waals surface area contributed by atoms with E-state index in [0.29, 0.717) is 48.3 Å². The summed E-state index contributed by atoms with van der Waals surface area (Å²) in [6.07, 6.45) is 0.126. The molecule has 0 aliphatic carbocycles. The molecule has 2 amide bonds. The number of anilines is 2. The van der Waals surface area contributed by atoms with Gasteiger partial charge < -0.3 is 24.4 Å². The zero-order chi connectivity index (χ0) is 21.1. The van der Waals surface area contributed by atoms with Crippen LogP contribution in [-0.2, 0) is 14.3 Å². The number of hydrogen-bond acceptors (Lipinski definition) is 6. The van der Waals surface area contributed by atoms with Crippen molar-refractivity contribution < 1.29 is 28.6 Å². The van der Waals surface area contributed by atoms with Crippen LogP contribution >= 0.6 is 0 Å². The highest BCUT2D eigenvalue weighted by Crippen LogP contribution is 2.36. The van der Waals surface area contributed by atoms with E-state index in [1.807, 2.05) is 0 Å². The van der Waals surface area contributed by atoms with Gasteiger partial charge in [-0.1, -0.05) is 0 Å². The lowest BCUT2D eigenvalue weighted by Gasteiger charge is -2.22. The van der Waals surface area contributed by atoms with Gasteiger partial charge in [0.15, 0.2) is 11.5 Å². The topological polar surface area (TPSA) is 94.2 Å². The van der Waals surface area contributed by atoms with E-state index >= 15 is 0 Å². The molecule has 1 saturated heterocycles. The number of nitrogens with one attached hydrogen (secondary N) is 1. The van der Waals surface area contributed by atoms with E-state index in [4.69, 9.17) is 14.2 Å². The number of esters is 1. The van der Waals surface area contributed by atoms with Gasteiger partial charge in [0.1, 0.15) is 13.2 Å². The third kappa shape index (κ3) is 4.07. The van der Waals surface area contributed by atoms with Gasteiger partial charge in [0.05, 0.1) is 18.1 Å². The number of amides is 2. The zero-order valence-corrected chi connectivity index (χ0v) is 16.6. The van der Waals surface area contributed by atoms with Crippen molar-refractivity contribution in [3.8, 4) is 11.5 Å². The Balaban J connectivity index is 1.40. The minimum absolute atomic E-state index is 0.121. The average Bonchev–Trinajstić information content (AvgIpc) is 3.16. The van der Waals surface area contributed by atoms with Crippen LogP contribution in [-0.4, -0.2) is 44.1 Å². The van der Waals surface area contributed by atoms with Crippen LogP contribution < -0.4 is 19.7 Å². The molecule has 0 saturated carbocycles.